The van der Waals surface area contributed by atoms with Crippen LogP contribution in [0.25, 0.3) is 0 Å². The molecule has 0 spiro atoms. The molecule has 0 heterocycles. The lowest BCUT2D eigenvalue weighted by atomic mass is 10.0. The molecule has 0 saturated heterocycles. The minimum Gasteiger partial charge on any atom is -0.481 e. The molecule has 0 radical (unpaired) electrons. The molecule has 0 amide bonds. The molecule has 2 unspecified atom stereocenters. The van der Waals surface area contributed by atoms with Crippen molar-refractivity contribution >= 4 is 5.97 Å². The van der Waals surface area contributed by atoms with E-state index in [-0.39, 0.29) is 12.2 Å². The monoisotopic (exact) mass is 316 g/mol. The Labute approximate surface area is 135 Å². The molecule has 0 aliphatic rings. The fourth-order valence-corrected chi connectivity index (χ4v) is 2.65. The minimum atomic E-state index is -0.692. The number of aliphatic hydroxyl groups excluding tert-OH is 2. The molecule has 2 atom stereocenters. The second-order valence-corrected chi connectivity index (χ2v) is 6.41. The highest BCUT2D eigenvalue weighted by molar-refractivity contribution is 5.66. The van der Waals surface area contributed by atoms with E-state index in [1.165, 1.54) is 25.7 Å². The first-order valence-electron chi connectivity index (χ1n) is 9.14. The lowest BCUT2D eigenvalue weighted by molar-refractivity contribution is -0.137. The summed E-state index contributed by atoms with van der Waals surface area (Å²) < 4.78 is 0. The average Bonchev–Trinajstić information content (AvgIpc) is 2.48. The quantitative estimate of drug-likeness (QED) is 0.371. The summed E-state index contributed by atoms with van der Waals surface area (Å²) in [6.45, 7) is 1.98. The first-order chi connectivity index (χ1) is 10.6. The predicted octanol–water partition coefficient (Wildman–Crippen LogP) is 4.27. The van der Waals surface area contributed by atoms with Gasteiger partial charge in [0.15, 0.2) is 0 Å². The third-order valence-corrected chi connectivity index (χ3v) is 4.22. The second-order valence-electron chi connectivity index (χ2n) is 6.41. The lowest BCUT2D eigenvalue weighted by Gasteiger charge is -2.12. The standard InChI is InChI=1S/C18H36O4/c1-2-16(19)13-11-14-17(20)12-9-7-5-3-4-6-8-10-15-18(21)22/h16-17,19-20H,2-15H2,1H3,(H,21,22). The van der Waals surface area contributed by atoms with Crippen LogP contribution in [-0.2, 0) is 4.79 Å². The Morgan fingerprint density at radius 1 is 0.727 bits per heavy atom. The van der Waals surface area contributed by atoms with Gasteiger partial charge in [-0.1, -0.05) is 51.9 Å². The van der Waals surface area contributed by atoms with Crippen molar-refractivity contribution in [3.8, 4) is 0 Å². The first-order valence-corrected chi connectivity index (χ1v) is 9.14. The molecule has 3 N–H and O–H groups in total. The zero-order valence-corrected chi connectivity index (χ0v) is 14.3. The maximum absolute atomic E-state index is 10.3. The molecule has 0 fully saturated rings. The van der Waals surface area contributed by atoms with E-state index in [1.54, 1.807) is 0 Å². The van der Waals surface area contributed by atoms with Crippen molar-refractivity contribution in [2.45, 2.75) is 109 Å². The lowest BCUT2D eigenvalue weighted by Crippen LogP contribution is -2.09. The van der Waals surface area contributed by atoms with Crippen LogP contribution in [-0.4, -0.2) is 33.5 Å². The van der Waals surface area contributed by atoms with Crippen molar-refractivity contribution in [2.24, 2.45) is 0 Å². The third kappa shape index (κ3) is 15.8. The predicted molar refractivity (Wildman–Crippen MR) is 90.0 cm³/mol. The Morgan fingerprint density at radius 3 is 1.73 bits per heavy atom. The van der Waals surface area contributed by atoms with Crippen LogP contribution in [0.2, 0.25) is 0 Å². The van der Waals surface area contributed by atoms with Crippen molar-refractivity contribution in [1.29, 1.82) is 0 Å². The Morgan fingerprint density at radius 2 is 1.18 bits per heavy atom. The van der Waals surface area contributed by atoms with Crippen LogP contribution in [0.5, 0.6) is 0 Å². The van der Waals surface area contributed by atoms with Gasteiger partial charge in [0.25, 0.3) is 0 Å². The average molecular weight is 316 g/mol. The van der Waals surface area contributed by atoms with Crippen LogP contribution in [0.4, 0.5) is 0 Å². The van der Waals surface area contributed by atoms with Gasteiger partial charge < -0.3 is 15.3 Å². The van der Waals surface area contributed by atoms with E-state index in [1.807, 2.05) is 6.92 Å². The van der Waals surface area contributed by atoms with Gasteiger partial charge in [-0.15, -0.1) is 0 Å². The molecule has 22 heavy (non-hydrogen) atoms. The van der Waals surface area contributed by atoms with Crippen LogP contribution in [0, 0.1) is 0 Å². The van der Waals surface area contributed by atoms with Gasteiger partial charge in [0.05, 0.1) is 12.2 Å². The third-order valence-electron chi connectivity index (χ3n) is 4.22. The topological polar surface area (TPSA) is 77.8 Å². The summed E-state index contributed by atoms with van der Waals surface area (Å²) >= 11 is 0. The number of aliphatic carboxylic acids is 1. The molecule has 0 saturated carbocycles. The number of hydrogen-bond donors (Lipinski definition) is 3. The van der Waals surface area contributed by atoms with Gasteiger partial charge in [0.2, 0.25) is 0 Å². The van der Waals surface area contributed by atoms with Crippen LogP contribution < -0.4 is 0 Å². The van der Waals surface area contributed by atoms with Gasteiger partial charge in [0.1, 0.15) is 0 Å². The highest BCUT2D eigenvalue weighted by Gasteiger charge is 2.06. The van der Waals surface area contributed by atoms with Gasteiger partial charge in [-0.05, 0) is 38.5 Å². The van der Waals surface area contributed by atoms with Crippen LogP contribution in [0.1, 0.15) is 96.8 Å². The Bertz CT molecular complexity index is 255. The van der Waals surface area contributed by atoms with Gasteiger partial charge >= 0.3 is 5.97 Å². The molecular weight excluding hydrogens is 280 g/mol. The van der Waals surface area contributed by atoms with Crippen molar-refractivity contribution in [1.82, 2.24) is 0 Å². The first kappa shape index (κ1) is 21.4. The molecule has 0 aliphatic heterocycles. The van der Waals surface area contributed by atoms with Crippen molar-refractivity contribution in [3.05, 3.63) is 0 Å². The maximum atomic E-state index is 10.3. The number of carboxylic acids is 1. The molecule has 4 nitrogen and oxygen atoms in total. The number of hydrogen-bond acceptors (Lipinski definition) is 3. The summed E-state index contributed by atoms with van der Waals surface area (Å²) in [5.74, 6) is -0.692. The normalized spacial score (nSPS) is 14.0. The van der Waals surface area contributed by atoms with Gasteiger partial charge in [-0.3, -0.25) is 4.79 Å². The zero-order chi connectivity index (χ0) is 16.6. The number of carboxylic acid groups (broad SMARTS) is 1. The summed E-state index contributed by atoms with van der Waals surface area (Å²) in [6, 6.07) is 0. The van der Waals surface area contributed by atoms with Gasteiger partial charge in [-0.2, -0.15) is 0 Å². The molecule has 0 rings (SSSR count). The van der Waals surface area contributed by atoms with Gasteiger partial charge in [-0.25, -0.2) is 0 Å². The summed E-state index contributed by atoms with van der Waals surface area (Å²) in [5.41, 5.74) is 0. The van der Waals surface area contributed by atoms with Crippen molar-refractivity contribution in [2.75, 3.05) is 0 Å². The summed E-state index contributed by atoms with van der Waals surface area (Å²) in [5, 5.41) is 27.8. The largest absolute Gasteiger partial charge is 0.481 e. The fourth-order valence-electron chi connectivity index (χ4n) is 2.65. The number of aliphatic hydroxyl groups is 2. The molecule has 0 aliphatic carbocycles. The van der Waals surface area contributed by atoms with Crippen LogP contribution in [0.15, 0.2) is 0 Å². The van der Waals surface area contributed by atoms with E-state index in [0.29, 0.717) is 6.42 Å². The fraction of sp³-hybridized carbons (Fsp3) is 0.944. The number of rotatable bonds is 16. The zero-order valence-electron chi connectivity index (χ0n) is 14.3. The summed E-state index contributed by atoms with van der Waals surface area (Å²) in [7, 11) is 0. The molecule has 0 aromatic carbocycles. The van der Waals surface area contributed by atoms with Gasteiger partial charge in [0, 0.05) is 6.42 Å². The van der Waals surface area contributed by atoms with E-state index in [2.05, 4.69) is 0 Å². The molecule has 0 bridgehead atoms. The Hall–Kier alpha value is -0.610. The van der Waals surface area contributed by atoms with Crippen LogP contribution >= 0.6 is 0 Å². The minimum absolute atomic E-state index is 0.206. The summed E-state index contributed by atoms with van der Waals surface area (Å²) in [4.78, 5) is 10.3. The molecule has 4 heteroatoms. The van der Waals surface area contributed by atoms with E-state index in [4.69, 9.17) is 5.11 Å². The molecule has 0 aromatic rings. The van der Waals surface area contributed by atoms with E-state index in [0.717, 1.165) is 57.8 Å². The molecule has 0 aromatic heterocycles. The van der Waals surface area contributed by atoms with Crippen molar-refractivity contribution in [3.63, 3.8) is 0 Å². The van der Waals surface area contributed by atoms with E-state index < -0.39 is 5.97 Å². The van der Waals surface area contributed by atoms with Crippen LogP contribution in [0.3, 0.4) is 0 Å². The highest BCUT2D eigenvalue weighted by Crippen LogP contribution is 2.14. The second kappa shape index (κ2) is 15.3. The summed E-state index contributed by atoms with van der Waals surface area (Å²) in [6.07, 6.45) is 12.9. The highest BCUT2D eigenvalue weighted by atomic mass is 16.4. The SMILES string of the molecule is CCC(O)CCCC(O)CCCCCCCCCCC(=O)O. The number of carbonyl (C=O) groups is 1. The maximum Gasteiger partial charge on any atom is 0.303 e. The molecule has 132 valence electrons. The number of unbranched alkanes of at least 4 members (excludes halogenated alkanes) is 7. The molecular formula is C18H36O4. The Kier molecular flexibility index (Phi) is 14.9. The smallest absolute Gasteiger partial charge is 0.303 e. The van der Waals surface area contributed by atoms with E-state index >= 15 is 0 Å². The van der Waals surface area contributed by atoms with E-state index in [9.17, 15) is 15.0 Å². The van der Waals surface area contributed by atoms with Crippen molar-refractivity contribution < 1.29 is 20.1 Å². The Balaban J connectivity index is 3.20.